The van der Waals surface area contributed by atoms with Gasteiger partial charge in [0.25, 0.3) is 0 Å². The fourth-order valence-electron chi connectivity index (χ4n) is 2.15. The van der Waals surface area contributed by atoms with Crippen LogP contribution in [0.2, 0.25) is 0 Å². The topological polar surface area (TPSA) is 40.5 Å². The maximum absolute atomic E-state index is 11.9. The van der Waals surface area contributed by atoms with Gasteiger partial charge in [-0.2, -0.15) is 0 Å². The van der Waals surface area contributed by atoms with Crippen molar-refractivity contribution >= 4 is 11.6 Å². The van der Waals surface area contributed by atoms with E-state index in [0.717, 1.165) is 37.1 Å². The van der Waals surface area contributed by atoms with Gasteiger partial charge in [-0.1, -0.05) is 24.6 Å². The number of nitrogens with zero attached hydrogens (tertiary/aromatic N) is 1. The average molecular weight is 219 g/mol. The van der Waals surface area contributed by atoms with Crippen molar-refractivity contribution in [2.24, 2.45) is 0 Å². The lowest BCUT2D eigenvalue weighted by molar-refractivity contribution is -0.118. The van der Waals surface area contributed by atoms with Crippen LogP contribution in [-0.2, 0) is 11.4 Å². The van der Waals surface area contributed by atoms with E-state index in [1.54, 1.807) is 0 Å². The SMILES string of the molecule is O=C1CCCCCN1c1ccccc1CO. The number of amides is 1. The number of aliphatic hydroxyl groups excluding tert-OH is 1. The van der Waals surface area contributed by atoms with Crippen LogP contribution >= 0.6 is 0 Å². The molecule has 3 nitrogen and oxygen atoms in total. The normalized spacial score (nSPS) is 17.3. The van der Waals surface area contributed by atoms with E-state index in [1.807, 2.05) is 29.2 Å². The number of rotatable bonds is 2. The number of anilines is 1. The van der Waals surface area contributed by atoms with Gasteiger partial charge in [0.2, 0.25) is 5.91 Å². The molecule has 1 aromatic carbocycles. The molecule has 0 atom stereocenters. The summed E-state index contributed by atoms with van der Waals surface area (Å²) in [6.07, 6.45) is 3.77. The summed E-state index contributed by atoms with van der Waals surface area (Å²) in [4.78, 5) is 13.7. The molecule has 0 saturated carbocycles. The van der Waals surface area contributed by atoms with Gasteiger partial charge in [-0.15, -0.1) is 0 Å². The summed E-state index contributed by atoms with van der Waals surface area (Å²) in [5, 5.41) is 9.27. The molecule has 1 heterocycles. The van der Waals surface area contributed by atoms with Crippen molar-refractivity contribution < 1.29 is 9.90 Å². The first-order valence-electron chi connectivity index (χ1n) is 5.82. The third-order valence-corrected chi connectivity index (χ3v) is 3.03. The molecule has 1 fully saturated rings. The molecule has 1 saturated heterocycles. The number of hydrogen-bond donors (Lipinski definition) is 1. The maximum Gasteiger partial charge on any atom is 0.226 e. The van der Waals surface area contributed by atoms with Crippen molar-refractivity contribution in [1.29, 1.82) is 0 Å². The minimum atomic E-state index is -0.0139. The second-order valence-electron chi connectivity index (χ2n) is 4.14. The monoisotopic (exact) mass is 219 g/mol. The second kappa shape index (κ2) is 5.12. The molecule has 0 spiro atoms. The van der Waals surface area contributed by atoms with Gasteiger partial charge < -0.3 is 10.0 Å². The standard InChI is InChI=1S/C13H17NO2/c15-10-11-6-3-4-7-12(11)14-9-5-1-2-8-13(14)16/h3-4,6-7,15H,1-2,5,8-10H2. The van der Waals surface area contributed by atoms with E-state index >= 15 is 0 Å². The number of aliphatic hydroxyl groups is 1. The Morgan fingerprint density at radius 2 is 2.00 bits per heavy atom. The molecule has 1 aliphatic heterocycles. The van der Waals surface area contributed by atoms with Crippen LogP contribution in [0.3, 0.4) is 0 Å². The lowest BCUT2D eigenvalue weighted by Crippen LogP contribution is -2.30. The van der Waals surface area contributed by atoms with Crippen LogP contribution in [0.5, 0.6) is 0 Å². The Morgan fingerprint density at radius 3 is 2.81 bits per heavy atom. The molecule has 0 bridgehead atoms. The summed E-state index contributed by atoms with van der Waals surface area (Å²) in [5.74, 6) is 0.179. The summed E-state index contributed by atoms with van der Waals surface area (Å²) < 4.78 is 0. The zero-order chi connectivity index (χ0) is 11.4. The largest absolute Gasteiger partial charge is 0.392 e. The summed E-state index contributed by atoms with van der Waals surface area (Å²) >= 11 is 0. The van der Waals surface area contributed by atoms with Crippen molar-refractivity contribution in [3.63, 3.8) is 0 Å². The van der Waals surface area contributed by atoms with Crippen LogP contribution in [0.25, 0.3) is 0 Å². The Morgan fingerprint density at radius 1 is 1.19 bits per heavy atom. The van der Waals surface area contributed by atoms with E-state index in [0.29, 0.717) is 6.42 Å². The summed E-state index contributed by atoms with van der Waals surface area (Å²) in [7, 11) is 0. The van der Waals surface area contributed by atoms with Crippen LogP contribution in [-0.4, -0.2) is 17.6 Å². The Balaban J connectivity index is 2.30. The lowest BCUT2D eigenvalue weighted by Gasteiger charge is -2.23. The smallest absolute Gasteiger partial charge is 0.226 e. The van der Waals surface area contributed by atoms with Gasteiger partial charge in [-0.3, -0.25) is 4.79 Å². The van der Waals surface area contributed by atoms with Gasteiger partial charge in [-0.05, 0) is 18.9 Å². The van der Waals surface area contributed by atoms with Gasteiger partial charge in [0.05, 0.1) is 6.61 Å². The van der Waals surface area contributed by atoms with Gasteiger partial charge >= 0.3 is 0 Å². The number of carbonyl (C=O) groups is 1. The molecule has 1 aliphatic rings. The van der Waals surface area contributed by atoms with E-state index in [2.05, 4.69) is 0 Å². The van der Waals surface area contributed by atoms with Gasteiger partial charge in [0, 0.05) is 24.2 Å². The summed E-state index contributed by atoms with van der Waals surface area (Å²) in [6, 6.07) is 7.58. The van der Waals surface area contributed by atoms with Crippen LogP contribution in [0.1, 0.15) is 31.2 Å². The Hall–Kier alpha value is -1.35. The van der Waals surface area contributed by atoms with Crippen molar-refractivity contribution in [2.45, 2.75) is 32.3 Å². The molecule has 1 aromatic rings. The fraction of sp³-hybridized carbons (Fsp3) is 0.462. The number of carbonyl (C=O) groups excluding carboxylic acids is 1. The minimum Gasteiger partial charge on any atom is -0.392 e. The van der Waals surface area contributed by atoms with Crippen molar-refractivity contribution in [3.8, 4) is 0 Å². The summed E-state index contributed by atoms with van der Waals surface area (Å²) in [6.45, 7) is 0.760. The second-order valence-corrected chi connectivity index (χ2v) is 4.14. The molecule has 1 amide bonds. The molecule has 0 unspecified atom stereocenters. The van der Waals surface area contributed by atoms with Gasteiger partial charge in [0.1, 0.15) is 0 Å². The van der Waals surface area contributed by atoms with E-state index in [4.69, 9.17) is 0 Å². The first kappa shape index (κ1) is 11.1. The predicted molar refractivity (Wildman–Crippen MR) is 63.2 cm³/mol. The average Bonchev–Trinajstić information content (AvgIpc) is 2.54. The molecule has 0 aliphatic carbocycles. The van der Waals surface area contributed by atoms with Gasteiger partial charge in [0.15, 0.2) is 0 Å². The molecule has 0 aromatic heterocycles. The predicted octanol–water partition coefficient (Wildman–Crippen LogP) is 2.09. The van der Waals surface area contributed by atoms with E-state index in [-0.39, 0.29) is 12.5 Å². The van der Waals surface area contributed by atoms with E-state index in [1.165, 1.54) is 0 Å². The molecule has 16 heavy (non-hydrogen) atoms. The molecule has 86 valence electrons. The highest BCUT2D eigenvalue weighted by Crippen LogP contribution is 2.24. The summed E-state index contributed by atoms with van der Waals surface area (Å²) in [5.41, 5.74) is 1.70. The highest BCUT2D eigenvalue weighted by atomic mass is 16.3. The number of para-hydroxylation sites is 1. The van der Waals surface area contributed by atoms with Crippen molar-refractivity contribution in [3.05, 3.63) is 29.8 Å². The zero-order valence-electron chi connectivity index (χ0n) is 9.35. The third-order valence-electron chi connectivity index (χ3n) is 3.03. The van der Waals surface area contributed by atoms with Crippen LogP contribution in [0.4, 0.5) is 5.69 Å². The number of hydrogen-bond acceptors (Lipinski definition) is 2. The fourth-order valence-corrected chi connectivity index (χ4v) is 2.15. The van der Waals surface area contributed by atoms with E-state index < -0.39 is 0 Å². The Labute approximate surface area is 95.7 Å². The highest BCUT2D eigenvalue weighted by molar-refractivity contribution is 5.94. The third kappa shape index (κ3) is 2.25. The van der Waals surface area contributed by atoms with Gasteiger partial charge in [-0.25, -0.2) is 0 Å². The zero-order valence-corrected chi connectivity index (χ0v) is 9.35. The maximum atomic E-state index is 11.9. The quantitative estimate of drug-likeness (QED) is 0.827. The van der Waals surface area contributed by atoms with Crippen molar-refractivity contribution in [1.82, 2.24) is 0 Å². The molecular formula is C13H17NO2. The van der Waals surface area contributed by atoms with E-state index in [9.17, 15) is 9.90 Å². The minimum absolute atomic E-state index is 0.0139. The molecule has 1 N–H and O–H groups in total. The van der Waals surface area contributed by atoms with Crippen molar-refractivity contribution in [2.75, 3.05) is 11.4 Å². The molecule has 2 rings (SSSR count). The Bertz CT molecular complexity index is 376. The molecule has 0 radical (unpaired) electrons. The molecule has 3 heteroatoms. The lowest BCUT2D eigenvalue weighted by atomic mass is 10.1. The first-order valence-corrected chi connectivity index (χ1v) is 5.82. The number of benzene rings is 1. The Kier molecular flexibility index (Phi) is 3.57. The highest BCUT2D eigenvalue weighted by Gasteiger charge is 2.19. The van der Waals surface area contributed by atoms with Crippen LogP contribution < -0.4 is 4.90 Å². The molecular weight excluding hydrogens is 202 g/mol. The van der Waals surface area contributed by atoms with Crippen LogP contribution in [0.15, 0.2) is 24.3 Å². The van der Waals surface area contributed by atoms with Crippen LogP contribution in [0, 0.1) is 0 Å². The first-order chi connectivity index (χ1) is 7.83.